The SMILES string of the molecule is CC(C1CC2CCC1C2)n1c(SCCc2cccc(O)c2)nnc1-c1ccco1. The number of aromatic nitrogens is 3. The van der Waals surface area contributed by atoms with Crippen LogP contribution in [0.5, 0.6) is 5.75 Å². The second-order valence-electron chi connectivity index (χ2n) is 8.50. The van der Waals surface area contributed by atoms with Crippen molar-refractivity contribution < 1.29 is 9.52 Å². The van der Waals surface area contributed by atoms with Gasteiger partial charge in [-0.3, -0.25) is 4.57 Å². The molecule has 2 saturated carbocycles. The molecule has 2 heterocycles. The Hall–Kier alpha value is -2.21. The van der Waals surface area contributed by atoms with Crippen molar-refractivity contribution in [2.45, 2.75) is 50.2 Å². The van der Waals surface area contributed by atoms with Crippen LogP contribution in [0.3, 0.4) is 0 Å². The van der Waals surface area contributed by atoms with Crippen molar-refractivity contribution in [3.8, 4) is 17.3 Å². The third-order valence-electron chi connectivity index (χ3n) is 6.76. The maximum Gasteiger partial charge on any atom is 0.200 e. The van der Waals surface area contributed by atoms with Crippen LogP contribution in [0.1, 0.15) is 44.2 Å². The minimum absolute atomic E-state index is 0.320. The van der Waals surface area contributed by atoms with E-state index in [1.165, 1.54) is 25.7 Å². The van der Waals surface area contributed by atoms with Gasteiger partial charge in [0.1, 0.15) is 5.75 Å². The molecule has 4 unspecified atom stereocenters. The number of hydrogen-bond acceptors (Lipinski definition) is 5. The molecule has 2 aliphatic carbocycles. The lowest BCUT2D eigenvalue weighted by atomic mass is 9.84. The van der Waals surface area contributed by atoms with Gasteiger partial charge in [0.15, 0.2) is 10.9 Å². The molecule has 5 rings (SSSR count). The first-order valence-corrected chi connectivity index (χ1v) is 11.6. The van der Waals surface area contributed by atoms with E-state index in [0.717, 1.165) is 46.3 Å². The maximum atomic E-state index is 9.68. The number of phenols is 1. The summed E-state index contributed by atoms with van der Waals surface area (Å²) < 4.78 is 7.99. The van der Waals surface area contributed by atoms with Crippen molar-refractivity contribution in [3.63, 3.8) is 0 Å². The highest BCUT2D eigenvalue weighted by Gasteiger charge is 2.43. The van der Waals surface area contributed by atoms with E-state index < -0.39 is 0 Å². The molecule has 5 nitrogen and oxygen atoms in total. The average Bonchev–Trinajstić information content (AvgIpc) is 3.51. The summed E-state index contributed by atoms with van der Waals surface area (Å²) in [4.78, 5) is 0. The van der Waals surface area contributed by atoms with E-state index in [4.69, 9.17) is 4.42 Å². The van der Waals surface area contributed by atoms with Crippen LogP contribution in [0.2, 0.25) is 0 Å². The van der Waals surface area contributed by atoms with Gasteiger partial charge >= 0.3 is 0 Å². The molecule has 0 amide bonds. The van der Waals surface area contributed by atoms with Crippen molar-refractivity contribution in [3.05, 3.63) is 48.2 Å². The van der Waals surface area contributed by atoms with E-state index >= 15 is 0 Å². The van der Waals surface area contributed by atoms with Crippen LogP contribution < -0.4 is 0 Å². The Morgan fingerprint density at radius 1 is 1.21 bits per heavy atom. The van der Waals surface area contributed by atoms with Gasteiger partial charge in [-0.2, -0.15) is 0 Å². The number of fused-ring (bicyclic) bond motifs is 2. The fourth-order valence-corrected chi connectivity index (χ4v) is 6.38. The second-order valence-corrected chi connectivity index (χ2v) is 9.56. The molecule has 0 aliphatic heterocycles. The van der Waals surface area contributed by atoms with Crippen LogP contribution in [-0.4, -0.2) is 25.6 Å². The molecule has 152 valence electrons. The van der Waals surface area contributed by atoms with E-state index in [1.54, 1.807) is 24.1 Å². The minimum atomic E-state index is 0.320. The highest BCUT2D eigenvalue weighted by molar-refractivity contribution is 7.99. The quantitative estimate of drug-likeness (QED) is 0.516. The molecule has 2 bridgehead atoms. The highest BCUT2D eigenvalue weighted by atomic mass is 32.2. The monoisotopic (exact) mass is 409 g/mol. The lowest BCUT2D eigenvalue weighted by Crippen LogP contribution is -2.23. The minimum Gasteiger partial charge on any atom is -0.508 e. The molecular weight excluding hydrogens is 382 g/mol. The number of furan rings is 1. The van der Waals surface area contributed by atoms with Crippen molar-refractivity contribution in [1.82, 2.24) is 14.8 Å². The third kappa shape index (κ3) is 3.70. The Morgan fingerprint density at radius 3 is 2.86 bits per heavy atom. The summed E-state index contributed by atoms with van der Waals surface area (Å²) in [5, 5.41) is 19.7. The van der Waals surface area contributed by atoms with Gasteiger partial charge < -0.3 is 9.52 Å². The van der Waals surface area contributed by atoms with Gasteiger partial charge in [-0.15, -0.1) is 10.2 Å². The molecule has 6 heteroatoms. The number of benzene rings is 1. The molecule has 2 fully saturated rings. The summed E-state index contributed by atoms with van der Waals surface area (Å²) >= 11 is 1.74. The fraction of sp³-hybridized carbons (Fsp3) is 0.478. The molecule has 2 aromatic heterocycles. The molecule has 0 radical (unpaired) electrons. The van der Waals surface area contributed by atoms with Crippen molar-refractivity contribution in [2.24, 2.45) is 17.8 Å². The molecular formula is C23H27N3O2S. The smallest absolute Gasteiger partial charge is 0.200 e. The fourth-order valence-electron chi connectivity index (χ4n) is 5.36. The Kier molecular flexibility index (Phi) is 5.12. The van der Waals surface area contributed by atoms with Gasteiger partial charge in [-0.25, -0.2) is 0 Å². The molecule has 0 spiro atoms. The van der Waals surface area contributed by atoms with Gasteiger partial charge in [-0.05, 0) is 80.2 Å². The maximum absolute atomic E-state index is 9.68. The summed E-state index contributed by atoms with van der Waals surface area (Å²) in [5.74, 6) is 5.29. The molecule has 1 aromatic carbocycles. The predicted molar refractivity (Wildman–Crippen MR) is 114 cm³/mol. The summed E-state index contributed by atoms with van der Waals surface area (Å²) in [6.45, 7) is 2.33. The molecule has 4 atom stereocenters. The topological polar surface area (TPSA) is 64.1 Å². The van der Waals surface area contributed by atoms with Crippen LogP contribution in [-0.2, 0) is 6.42 Å². The van der Waals surface area contributed by atoms with Crippen LogP contribution in [0, 0.1) is 17.8 Å². The zero-order chi connectivity index (χ0) is 19.8. The van der Waals surface area contributed by atoms with Crippen molar-refractivity contribution in [2.75, 3.05) is 5.75 Å². The van der Waals surface area contributed by atoms with Crippen LogP contribution >= 0.6 is 11.8 Å². The Morgan fingerprint density at radius 2 is 2.14 bits per heavy atom. The summed E-state index contributed by atoms with van der Waals surface area (Å²) in [6.07, 6.45) is 8.09. The zero-order valence-corrected chi connectivity index (χ0v) is 17.5. The highest BCUT2D eigenvalue weighted by Crippen LogP contribution is 2.53. The lowest BCUT2D eigenvalue weighted by Gasteiger charge is -2.30. The van der Waals surface area contributed by atoms with Crippen molar-refractivity contribution >= 4 is 11.8 Å². The number of rotatable bonds is 7. The molecule has 2 aliphatic rings. The molecule has 1 N–H and O–H groups in total. The zero-order valence-electron chi connectivity index (χ0n) is 16.7. The Balaban J connectivity index is 1.38. The average molecular weight is 410 g/mol. The van der Waals surface area contributed by atoms with Gasteiger partial charge in [0, 0.05) is 11.8 Å². The predicted octanol–water partition coefficient (Wildman–Crippen LogP) is 5.58. The first kappa shape index (κ1) is 18.8. The van der Waals surface area contributed by atoms with E-state index in [9.17, 15) is 5.11 Å². The number of phenolic OH excluding ortho intramolecular Hbond substituents is 1. The first-order chi connectivity index (χ1) is 14.2. The molecule has 3 aromatic rings. The number of nitrogens with zero attached hydrogens (tertiary/aromatic N) is 3. The van der Waals surface area contributed by atoms with E-state index in [1.807, 2.05) is 24.3 Å². The normalized spacial score (nSPS) is 24.2. The lowest BCUT2D eigenvalue weighted by molar-refractivity contribution is 0.235. The van der Waals surface area contributed by atoms with E-state index in [-0.39, 0.29) is 0 Å². The van der Waals surface area contributed by atoms with Gasteiger partial charge in [-0.1, -0.05) is 30.3 Å². The number of thioether (sulfide) groups is 1. The summed E-state index contributed by atoms with van der Waals surface area (Å²) in [7, 11) is 0. The third-order valence-corrected chi connectivity index (χ3v) is 7.70. The van der Waals surface area contributed by atoms with E-state index in [0.29, 0.717) is 17.7 Å². The van der Waals surface area contributed by atoms with Crippen LogP contribution in [0.15, 0.2) is 52.2 Å². The first-order valence-electron chi connectivity index (χ1n) is 10.6. The Bertz CT molecular complexity index is 968. The molecule has 0 saturated heterocycles. The number of hydrogen-bond donors (Lipinski definition) is 1. The summed E-state index contributed by atoms with van der Waals surface area (Å²) in [5.41, 5.74) is 1.14. The standard InChI is InChI=1S/C23H27N3O2S/c1-15(20-14-17-7-8-18(20)12-17)26-22(21-6-3-10-28-21)24-25-23(26)29-11-9-16-4-2-5-19(27)13-16/h2-6,10,13,15,17-18,20,27H,7-9,11-12,14H2,1H3. The van der Waals surface area contributed by atoms with Gasteiger partial charge in [0.25, 0.3) is 0 Å². The van der Waals surface area contributed by atoms with Crippen molar-refractivity contribution in [1.29, 1.82) is 0 Å². The van der Waals surface area contributed by atoms with Gasteiger partial charge in [0.2, 0.25) is 5.82 Å². The van der Waals surface area contributed by atoms with Crippen LogP contribution in [0.4, 0.5) is 0 Å². The molecule has 29 heavy (non-hydrogen) atoms. The largest absolute Gasteiger partial charge is 0.508 e. The van der Waals surface area contributed by atoms with E-state index in [2.05, 4.69) is 27.8 Å². The summed E-state index contributed by atoms with van der Waals surface area (Å²) in [6, 6.07) is 11.7. The number of aryl methyl sites for hydroxylation is 1. The van der Waals surface area contributed by atoms with Gasteiger partial charge in [0.05, 0.1) is 6.26 Å². The Labute approximate surface area is 175 Å². The van der Waals surface area contributed by atoms with Crippen LogP contribution in [0.25, 0.3) is 11.6 Å². The number of aromatic hydroxyl groups is 1. The second kappa shape index (κ2) is 7.90.